The fourth-order valence-corrected chi connectivity index (χ4v) is 11.0. The first-order valence-corrected chi connectivity index (χ1v) is 16.0. The van der Waals surface area contributed by atoms with Crippen molar-refractivity contribution < 1.29 is 14.3 Å². The van der Waals surface area contributed by atoms with Crippen LogP contribution in [0.15, 0.2) is 36.4 Å². The first-order chi connectivity index (χ1) is 19.8. The summed E-state index contributed by atoms with van der Waals surface area (Å²) >= 11 is 0. The van der Waals surface area contributed by atoms with E-state index in [1.54, 1.807) is 11.1 Å². The van der Waals surface area contributed by atoms with Gasteiger partial charge in [-0.05, 0) is 101 Å². The smallest absolute Gasteiger partial charge is 0.174 e. The van der Waals surface area contributed by atoms with Gasteiger partial charge in [0.15, 0.2) is 11.9 Å². The average Bonchev–Trinajstić information content (AvgIpc) is 3.51. The van der Waals surface area contributed by atoms with Gasteiger partial charge in [-0.2, -0.15) is 0 Å². The third kappa shape index (κ3) is 4.02. The van der Waals surface area contributed by atoms with Crippen LogP contribution in [-0.4, -0.2) is 67.1 Å². The SMILES string of the molecule is C.C.C.C.Cc1ccc2c3c1OC1C(=O)CCC4C(C2)N(C)CCC314.Cc1ccc2c3c1OC1CC=CC4C(C2)N(C)CCC314. The van der Waals surface area contributed by atoms with Gasteiger partial charge >= 0.3 is 0 Å². The molecule has 5 nitrogen and oxygen atoms in total. The van der Waals surface area contributed by atoms with Crippen molar-refractivity contribution in [2.75, 3.05) is 27.2 Å². The Balaban J connectivity index is 0.000000163. The lowest BCUT2D eigenvalue weighted by Gasteiger charge is -2.57. The molecule has 8 aliphatic rings. The summed E-state index contributed by atoms with van der Waals surface area (Å²) < 4.78 is 12.8. The van der Waals surface area contributed by atoms with Crippen molar-refractivity contribution in [3.8, 4) is 11.5 Å². The van der Waals surface area contributed by atoms with Crippen LogP contribution in [0.1, 0.15) is 95.2 Å². The average molecular weight is 615 g/mol. The number of rotatable bonds is 0. The van der Waals surface area contributed by atoms with Crippen LogP contribution in [0.2, 0.25) is 0 Å². The third-order valence-electron chi connectivity index (χ3n) is 12.9. The molecule has 0 aromatic heterocycles. The molecule has 2 aromatic rings. The normalized spacial score (nSPS) is 36.6. The van der Waals surface area contributed by atoms with Crippen molar-refractivity contribution in [2.45, 2.75) is 124 Å². The van der Waals surface area contributed by atoms with Crippen molar-refractivity contribution in [1.29, 1.82) is 0 Å². The molecule has 5 heteroatoms. The molecule has 8 atom stereocenters. The van der Waals surface area contributed by atoms with Crippen LogP contribution < -0.4 is 9.47 Å². The second-order valence-corrected chi connectivity index (χ2v) is 14.5. The van der Waals surface area contributed by atoms with E-state index in [0.29, 0.717) is 42.2 Å². The summed E-state index contributed by atoms with van der Waals surface area (Å²) in [5, 5.41) is 0. The highest BCUT2D eigenvalue weighted by molar-refractivity contribution is 5.89. The molecule has 4 aliphatic heterocycles. The molecule has 2 aromatic carbocycles. The number of carbonyl (C=O) groups is 1. The summed E-state index contributed by atoms with van der Waals surface area (Å²) in [6, 6.07) is 10.3. The Morgan fingerprint density at radius 1 is 0.778 bits per heavy atom. The predicted molar refractivity (Wildman–Crippen MR) is 186 cm³/mol. The van der Waals surface area contributed by atoms with E-state index in [2.05, 4.69) is 74.2 Å². The Morgan fingerprint density at radius 2 is 1.36 bits per heavy atom. The molecule has 2 saturated heterocycles. The number of Topliss-reactive ketones (excluding diaryl/α,β-unsaturated/α-hetero) is 1. The van der Waals surface area contributed by atoms with Crippen molar-refractivity contribution in [1.82, 2.24) is 9.80 Å². The van der Waals surface area contributed by atoms with Gasteiger partial charge in [0.05, 0.1) is 0 Å². The van der Waals surface area contributed by atoms with E-state index >= 15 is 0 Å². The molecule has 0 radical (unpaired) electrons. The molecule has 2 spiro atoms. The van der Waals surface area contributed by atoms with Gasteiger partial charge in [0.25, 0.3) is 0 Å². The summed E-state index contributed by atoms with van der Waals surface area (Å²) in [6.45, 7) is 6.61. The number of carbonyl (C=O) groups excluding carboxylic acids is 1. The van der Waals surface area contributed by atoms with E-state index in [-0.39, 0.29) is 46.6 Å². The van der Waals surface area contributed by atoms with Crippen molar-refractivity contribution in [2.24, 2.45) is 11.8 Å². The minimum atomic E-state index is -0.206. The van der Waals surface area contributed by atoms with E-state index in [9.17, 15) is 4.79 Å². The van der Waals surface area contributed by atoms with Gasteiger partial charge in [-0.25, -0.2) is 0 Å². The Bertz CT molecular complexity index is 1530. The largest absolute Gasteiger partial charge is 0.489 e. The fourth-order valence-electron chi connectivity index (χ4n) is 11.0. The lowest BCUT2D eigenvalue weighted by Crippen LogP contribution is -2.65. The highest BCUT2D eigenvalue weighted by atomic mass is 16.5. The molecule has 0 N–H and O–H groups in total. The second-order valence-electron chi connectivity index (χ2n) is 14.5. The van der Waals surface area contributed by atoms with Gasteiger partial charge < -0.3 is 19.3 Å². The minimum Gasteiger partial charge on any atom is -0.489 e. The lowest BCUT2D eigenvalue weighted by atomic mass is 9.51. The molecule has 4 bridgehead atoms. The molecule has 3 fully saturated rings. The molecule has 4 heterocycles. The fraction of sp³-hybridized carbons (Fsp3) is 0.625. The monoisotopic (exact) mass is 614 g/mol. The van der Waals surface area contributed by atoms with E-state index in [1.165, 1.54) is 47.4 Å². The van der Waals surface area contributed by atoms with Crippen LogP contribution in [0.4, 0.5) is 0 Å². The highest BCUT2D eigenvalue weighted by Crippen LogP contribution is 2.63. The number of likely N-dealkylation sites (N-methyl/N-ethyl adjacent to an activating group) is 2. The molecule has 246 valence electrons. The zero-order valence-corrected chi connectivity index (χ0v) is 24.9. The number of hydrogen-bond donors (Lipinski definition) is 0. The molecular weight excluding hydrogens is 556 g/mol. The van der Waals surface area contributed by atoms with E-state index in [1.807, 2.05) is 0 Å². The van der Waals surface area contributed by atoms with Gasteiger partial charge in [-0.15, -0.1) is 0 Å². The molecule has 4 aliphatic carbocycles. The standard InChI is InChI=1S/C18H21NO2.C18H21NO.4CH4/c1-10-3-4-11-9-13-12-5-6-14(20)17-18(12,7-8-19(13)2)15(11)16(10)21-17;1-11-6-7-12-10-14-13-4-3-5-15-18(13,8-9-19(14)2)16(12)17(11)20-15;;;;/h3-4,12-13,17H,5-9H2,1-2H3;3-4,6-7,13-15H,5,8-10H2,1-2H3;4*1H4. The number of ether oxygens (including phenoxy) is 2. The van der Waals surface area contributed by atoms with Crippen LogP contribution in [0.3, 0.4) is 0 Å². The quantitative estimate of drug-likeness (QED) is 0.286. The number of nitrogens with zero attached hydrogens (tertiary/aromatic N) is 2. The zero-order valence-electron chi connectivity index (χ0n) is 24.9. The zero-order chi connectivity index (χ0) is 27.8. The van der Waals surface area contributed by atoms with E-state index < -0.39 is 0 Å². The number of piperidine rings is 2. The van der Waals surface area contributed by atoms with Gasteiger partial charge in [0.2, 0.25) is 0 Å². The summed E-state index contributed by atoms with van der Waals surface area (Å²) in [4.78, 5) is 17.7. The number of aryl methyl sites for hydroxylation is 2. The lowest BCUT2D eigenvalue weighted by molar-refractivity contribution is -0.138. The maximum absolute atomic E-state index is 12.6. The molecule has 0 amide bonds. The van der Waals surface area contributed by atoms with E-state index in [4.69, 9.17) is 9.47 Å². The van der Waals surface area contributed by atoms with Crippen LogP contribution in [0.25, 0.3) is 0 Å². The number of ketones is 1. The maximum atomic E-state index is 12.6. The summed E-state index contributed by atoms with van der Waals surface area (Å²) in [6.07, 6.45) is 12.5. The molecule has 8 unspecified atom stereocenters. The summed E-state index contributed by atoms with van der Waals surface area (Å²) in [5.41, 5.74) is 8.76. The van der Waals surface area contributed by atoms with Crippen LogP contribution in [-0.2, 0) is 28.5 Å². The topological polar surface area (TPSA) is 42.0 Å². The Hall–Kier alpha value is -2.63. The van der Waals surface area contributed by atoms with Crippen LogP contribution in [0.5, 0.6) is 11.5 Å². The number of benzene rings is 2. The van der Waals surface area contributed by atoms with E-state index in [0.717, 1.165) is 38.0 Å². The molecule has 1 saturated carbocycles. The Morgan fingerprint density at radius 3 is 2.04 bits per heavy atom. The van der Waals surface area contributed by atoms with Crippen molar-refractivity contribution in [3.05, 3.63) is 69.8 Å². The predicted octanol–water partition coefficient (Wildman–Crippen LogP) is 7.61. The van der Waals surface area contributed by atoms with Gasteiger partial charge in [0, 0.05) is 52.8 Å². The van der Waals surface area contributed by atoms with Gasteiger partial charge in [0.1, 0.15) is 17.6 Å². The first kappa shape index (κ1) is 33.7. The minimum absolute atomic E-state index is 0. The third-order valence-corrected chi connectivity index (χ3v) is 12.9. The Kier molecular flexibility index (Phi) is 8.44. The van der Waals surface area contributed by atoms with Gasteiger partial charge in [-0.3, -0.25) is 4.79 Å². The number of likely N-dealkylation sites (tertiary alicyclic amines) is 2. The van der Waals surface area contributed by atoms with Gasteiger partial charge in [-0.1, -0.05) is 66.1 Å². The maximum Gasteiger partial charge on any atom is 0.174 e. The number of hydrogen-bond acceptors (Lipinski definition) is 5. The first-order valence-electron chi connectivity index (χ1n) is 16.0. The molecule has 10 rings (SSSR count). The van der Waals surface area contributed by atoms with Crippen molar-refractivity contribution >= 4 is 5.78 Å². The van der Waals surface area contributed by atoms with Crippen molar-refractivity contribution in [3.63, 3.8) is 0 Å². The molecular formula is C40H58N2O3. The van der Waals surface area contributed by atoms with Crippen LogP contribution >= 0.6 is 0 Å². The second kappa shape index (κ2) is 11.3. The Labute approximate surface area is 273 Å². The van der Waals surface area contributed by atoms with Crippen LogP contribution in [0, 0.1) is 25.7 Å². The summed E-state index contributed by atoms with van der Waals surface area (Å²) in [7, 11) is 4.55. The summed E-state index contributed by atoms with van der Waals surface area (Å²) in [5.74, 6) is 3.84. The molecule has 45 heavy (non-hydrogen) atoms. The highest BCUT2D eigenvalue weighted by Gasteiger charge is 2.65.